The molecular weight excluding hydrogens is 424 g/mol. The van der Waals surface area contributed by atoms with Crippen LogP contribution in [0.4, 0.5) is 5.82 Å². The lowest BCUT2D eigenvalue weighted by Crippen LogP contribution is -2.30. The van der Waals surface area contributed by atoms with Crippen LogP contribution < -0.4 is 5.73 Å². The van der Waals surface area contributed by atoms with E-state index < -0.39 is 17.1 Å². The molecule has 2 N–H and O–H groups in total. The standard InChI is InChI=1S/C21H19ClN4O3S/c1-4-29-17(28)9-16(27)21(2,3)30-20-14(11-24)18(13(10-23)19(25)26-20)12-7-5-6-8-15(12)22/h5-8H,4,9H2,1-3H3,(H2,25,26). The highest BCUT2D eigenvalue weighted by Crippen LogP contribution is 2.42. The minimum Gasteiger partial charge on any atom is -0.466 e. The van der Waals surface area contributed by atoms with Crippen LogP contribution in [0, 0.1) is 22.7 Å². The van der Waals surface area contributed by atoms with Gasteiger partial charge < -0.3 is 10.5 Å². The molecule has 154 valence electrons. The van der Waals surface area contributed by atoms with Crippen molar-refractivity contribution in [3.05, 3.63) is 40.4 Å². The van der Waals surface area contributed by atoms with E-state index in [0.717, 1.165) is 11.8 Å². The molecule has 0 aliphatic heterocycles. The highest BCUT2D eigenvalue weighted by Gasteiger charge is 2.34. The summed E-state index contributed by atoms with van der Waals surface area (Å²) in [7, 11) is 0. The van der Waals surface area contributed by atoms with Crippen molar-refractivity contribution in [3.8, 4) is 23.3 Å². The summed E-state index contributed by atoms with van der Waals surface area (Å²) in [6, 6.07) is 10.8. The molecule has 30 heavy (non-hydrogen) atoms. The summed E-state index contributed by atoms with van der Waals surface area (Å²) in [4.78, 5) is 28.5. The number of esters is 1. The Balaban J connectivity index is 2.59. The molecule has 0 bridgehead atoms. The summed E-state index contributed by atoms with van der Waals surface area (Å²) in [5, 5.41) is 20.0. The van der Waals surface area contributed by atoms with Gasteiger partial charge in [0.1, 0.15) is 35.0 Å². The van der Waals surface area contributed by atoms with Crippen LogP contribution >= 0.6 is 23.4 Å². The lowest BCUT2D eigenvalue weighted by atomic mass is 9.97. The molecule has 1 heterocycles. The Morgan fingerprint density at radius 3 is 2.43 bits per heavy atom. The average molecular weight is 443 g/mol. The number of thioether (sulfide) groups is 1. The minimum absolute atomic E-state index is 0.0275. The van der Waals surface area contributed by atoms with Crippen molar-refractivity contribution in [3.63, 3.8) is 0 Å². The van der Waals surface area contributed by atoms with Crippen molar-refractivity contribution in [2.24, 2.45) is 0 Å². The number of hydrogen-bond donors (Lipinski definition) is 1. The molecule has 0 atom stereocenters. The lowest BCUT2D eigenvalue weighted by molar-refractivity contribution is -0.145. The molecule has 7 nitrogen and oxygen atoms in total. The van der Waals surface area contributed by atoms with Gasteiger partial charge >= 0.3 is 5.97 Å². The first-order chi connectivity index (χ1) is 14.2. The molecule has 0 amide bonds. The van der Waals surface area contributed by atoms with Gasteiger partial charge in [0.25, 0.3) is 0 Å². The number of Topliss-reactive ketones (excluding diaryl/α,β-unsaturated/α-hetero) is 1. The van der Waals surface area contributed by atoms with Gasteiger partial charge in [-0.2, -0.15) is 10.5 Å². The van der Waals surface area contributed by atoms with Crippen molar-refractivity contribution in [1.82, 2.24) is 4.98 Å². The van der Waals surface area contributed by atoms with Gasteiger partial charge in [-0.05, 0) is 26.8 Å². The number of nitrogens with two attached hydrogens (primary N) is 1. The van der Waals surface area contributed by atoms with Crippen LogP contribution in [-0.4, -0.2) is 28.1 Å². The Morgan fingerprint density at radius 2 is 1.87 bits per heavy atom. The summed E-state index contributed by atoms with van der Waals surface area (Å²) in [6.07, 6.45) is -0.404. The monoisotopic (exact) mass is 442 g/mol. The summed E-state index contributed by atoms with van der Waals surface area (Å²) in [6.45, 7) is 5.06. The lowest BCUT2D eigenvalue weighted by Gasteiger charge is -2.23. The molecular formula is C21H19ClN4O3S. The van der Waals surface area contributed by atoms with E-state index in [1.165, 1.54) is 0 Å². The van der Waals surface area contributed by atoms with Crippen LogP contribution in [0.2, 0.25) is 5.02 Å². The summed E-state index contributed by atoms with van der Waals surface area (Å²) in [5.74, 6) is -1.10. The van der Waals surface area contributed by atoms with Crippen LogP contribution in [0.15, 0.2) is 29.3 Å². The number of carbonyl (C=O) groups is 2. The SMILES string of the molecule is CCOC(=O)CC(=O)C(C)(C)Sc1nc(N)c(C#N)c(-c2ccccc2Cl)c1C#N. The molecule has 1 aromatic heterocycles. The van der Waals surface area contributed by atoms with Crippen LogP contribution in [0.5, 0.6) is 0 Å². The smallest absolute Gasteiger partial charge is 0.313 e. The van der Waals surface area contributed by atoms with E-state index in [9.17, 15) is 20.1 Å². The number of aromatic nitrogens is 1. The number of carbonyl (C=O) groups excluding carboxylic acids is 2. The van der Waals surface area contributed by atoms with E-state index in [4.69, 9.17) is 22.1 Å². The number of halogens is 1. The Bertz CT molecular complexity index is 1090. The van der Waals surface area contributed by atoms with Crippen molar-refractivity contribution < 1.29 is 14.3 Å². The van der Waals surface area contributed by atoms with Crippen LogP contribution in [0.1, 0.15) is 38.3 Å². The van der Waals surface area contributed by atoms with E-state index >= 15 is 0 Å². The maximum atomic E-state index is 12.6. The van der Waals surface area contributed by atoms with Gasteiger partial charge in [-0.3, -0.25) is 9.59 Å². The van der Waals surface area contributed by atoms with Gasteiger partial charge in [0.15, 0.2) is 5.78 Å². The minimum atomic E-state index is -1.11. The first-order valence-corrected chi connectivity index (χ1v) is 10.1. The van der Waals surface area contributed by atoms with Gasteiger partial charge in [0.2, 0.25) is 0 Å². The number of ketones is 1. The van der Waals surface area contributed by atoms with Crippen molar-refractivity contribution in [2.75, 3.05) is 12.3 Å². The van der Waals surface area contributed by atoms with Crippen molar-refractivity contribution in [2.45, 2.75) is 37.0 Å². The van der Waals surface area contributed by atoms with Crippen LogP contribution in [0.3, 0.4) is 0 Å². The molecule has 2 aromatic rings. The van der Waals surface area contributed by atoms with Gasteiger partial charge in [0.05, 0.1) is 16.9 Å². The third-order valence-electron chi connectivity index (χ3n) is 4.19. The molecule has 0 saturated heterocycles. The molecule has 0 saturated carbocycles. The number of ether oxygens (including phenoxy) is 1. The summed E-state index contributed by atoms with van der Waals surface area (Å²) in [5.41, 5.74) is 6.82. The van der Waals surface area contributed by atoms with Gasteiger partial charge in [-0.1, -0.05) is 41.6 Å². The van der Waals surface area contributed by atoms with Crippen LogP contribution in [-0.2, 0) is 14.3 Å². The number of hydrogen-bond acceptors (Lipinski definition) is 8. The topological polar surface area (TPSA) is 130 Å². The predicted octanol–water partition coefficient (Wildman–Crippen LogP) is 4.12. The van der Waals surface area contributed by atoms with E-state index in [2.05, 4.69) is 11.1 Å². The van der Waals surface area contributed by atoms with E-state index in [1.54, 1.807) is 45.0 Å². The molecule has 0 aliphatic carbocycles. The second-order valence-corrected chi connectivity index (χ2v) is 8.67. The molecule has 0 fully saturated rings. The molecule has 0 unspecified atom stereocenters. The number of nitrogens with zero attached hydrogens (tertiary/aromatic N) is 3. The number of benzene rings is 1. The van der Waals surface area contributed by atoms with E-state index in [1.807, 2.05) is 6.07 Å². The first kappa shape index (κ1) is 23.2. The average Bonchev–Trinajstić information content (AvgIpc) is 2.68. The number of pyridine rings is 1. The highest BCUT2D eigenvalue weighted by atomic mass is 35.5. The van der Waals surface area contributed by atoms with Crippen LogP contribution in [0.25, 0.3) is 11.1 Å². The zero-order valence-electron chi connectivity index (χ0n) is 16.7. The maximum absolute atomic E-state index is 12.6. The zero-order chi connectivity index (χ0) is 22.5. The second kappa shape index (κ2) is 9.62. The summed E-state index contributed by atoms with van der Waals surface area (Å²) >= 11 is 7.29. The van der Waals surface area contributed by atoms with E-state index in [-0.39, 0.29) is 39.9 Å². The van der Waals surface area contributed by atoms with Gasteiger partial charge in [-0.25, -0.2) is 4.98 Å². The fraction of sp³-hybridized carbons (Fsp3) is 0.286. The first-order valence-electron chi connectivity index (χ1n) is 8.92. The number of nitrogen functional groups attached to an aromatic ring is 1. The maximum Gasteiger partial charge on any atom is 0.313 e. The fourth-order valence-corrected chi connectivity index (χ4v) is 3.95. The second-order valence-electron chi connectivity index (χ2n) is 6.65. The predicted molar refractivity (Wildman–Crippen MR) is 115 cm³/mol. The van der Waals surface area contributed by atoms with E-state index in [0.29, 0.717) is 10.6 Å². The molecule has 9 heteroatoms. The van der Waals surface area contributed by atoms with Gasteiger partial charge in [-0.15, -0.1) is 0 Å². The highest BCUT2D eigenvalue weighted by molar-refractivity contribution is 8.01. The van der Waals surface area contributed by atoms with Crippen molar-refractivity contribution >= 4 is 40.9 Å². The Morgan fingerprint density at radius 1 is 1.23 bits per heavy atom. The Kier molecular flexibility index (Phi) is 7.44. The fourth-order valence-electron chi connectivity index (χ4n) is 2.66. The normalized spacial score (nSPS) is 10.7. The molecule has 0 spiro atoms. The molecule has 0 radical (unpaired) electrons. The molecule has 0 aliphatic rings. The Hall–Kier alpha value is -3.07. The van der Waals surface area contributed by atoms with Gasteiger partial charge in [0, 0.05) is 16.1 Å². The zero-order valence-corrected chi connectivity index (χ0v) is 18.2. The number of anilines is 1. The molecule has 1 aromatic carbocycles. The quantitative estimate of drug-likeness (QED) is 0.385. The third-order valence-corrected chi connectivity index (χ3v) is 5.75. The Labute approximate surface area is 183 Å². The van der Waals surface area contributed by atoms with Crippen molar-refractivity contribution in [1.29, 1.82) is 10.5 Å². The number of rotatable bonds is 7. The number of nitriles is 2. The summed E-state index contributed by atoms with van der Waals surface area (Å²) < 4.78 is 3.73. The molecule has 2 rings (SSSR count). The largest absolute Gasteiger partial charge is 0.466 e. The third kappa shape index (κ3) is 4.91.